The number of fused-ring (bicyclic) bond motifs is 1. The third kappa shape index (κ3) is 4.03. The summed E-state index contributed by atoms with van der Waals surface area (Å²) >= 11 is 1.70. The first-order valence-corrected chi connectivity index (χ1v) is 11.8. The average molecular weight is 430 g/mol. The van der Waals surface area contributed by atoms with Gasteiger partial charge >= 0.3 is 6.03 Å². The molecule has 2 aromatic rings. The second-order valence-electron chi connectivity index (χ2n) is 7.97. The van der Waals surface area contributed by atoms with Crippen LogP contribution in [0.25, 0.3) is 11.0 Å². The number of nitrogens with zero attached hydrogens (tertiary/aromatic N) is 2. The maximum atomic E-state index is 12.7. The Morgan fingerprint density at radius 2 is 2.07 bits per heavy atom. The van der Waals surface area contributed by atoms with Crippen LogP contribution in [0.5, 0.6) is 0 Å². The fourth-order valence-electron chi connectivity index (χ4n) is 4.33. The summed E-state index contributed by atoms with van der Waals surface area (Å²) in [7, 11) is 0. The van der Waals surface area contributed by atoms with Crippen molar-refractivity contribution in [2.45, 2.75) is 50.1 Å². The molecule has 1 aromatic heterocycles. The third-order valence-electron chi connectivity index (χ3n) is 5.95. The molecular formula is C21H27N5O3S. The van der Waals surface area contributed by atoms with Crippen molar-refractivity contribution in [3.8, 4) is 0 Å². The number of hydrogen-bond acceptors (Lipinski definition) is 5. The average Bonchev–Trinajstić information content (AvgIpc) is 3.43. The number of carbonyl (C=O) groups is 3. The molecule has 30 heavy (non-hydrogen) atoms. The van der Waals surface area contributed by atoms with E-state index in [0.29, 0.717) is 12.8 Å². The van der Waals surface area contributed by atoms with Gasteiger partial charge in [0.05, 0.1) is 17.1 Å². The van der Waals surface area contributed by atoms with E-state index < -0.39 is 5.54 Å². The summed E-state index contributed by atoms with van der Waals surface area (Å²) in [5, 5.41) is 5.88. The number of aromatic nitrogens is 2. The molecule has 8 nitrogen and oxygen atoms in total. The molecule has 0 radical (unpaired) electrons. The minimum absolute atomic E-state index is 0.0746. The lowest BCUT2D eigenvalue weighted by atomic mass is 9.98. The van der Waals surface area contributed by atoms with E-state index in [9.17, 15) is 14.4 Å². The molecule has 3 N–H and O–H groups in total. The summed E-state index contributed by atoms with van der Waals surface area (Å²) in [6.07, 6.45) is 6.08. The summed E-state index contributed by atoms with van der Waals surface area (Å²) in [5.74, 6) is 1.21. The Balaban J connectivity index is 1.39. The molecule has 2 aliphatic rings. The van der Waals surface area contributed by atoms with Gasteiger partial charge in [-0.3, -0.25) is 14.5 Å². The largest absolute Gasteiger partial charge is 0.346 e. The summed E-state index contributed by atoms with van der Waals surface area (Å²) in [6.45, 7) is 0.0909. The van der Waals surface area contributed by atoms with Gasteiger partial charge in [-0.15, -0.1) is 0 Å². The number of benzene rings is 1. The van der Waals surface area contributed by atoms with Gasteiger partial charge in [-0.2, -0.15) is 11.8 Å². The zero-order chi connectivity index (χ0) is 21.1. The van der Waals surface area contributed by atoms with Gasteiger partial charge in [-0.05, 0) is 43.4 Å². The Kier molecular flexibility index (Phi) is 5.99. The van der Waals surface area contributed by atoms with Crippen LogP contribution in [0.3, 0.4) is 0 Å². The van der Waals surface area contributed by atoms with Crippen LogP contribution in [-0.4, -0.2) is 56.8 Å². The van der Waals surface area contributed by atoms with Crippen LogP contribution >= 0.6 is 11.8 Å². The second-order valence-corrected chi connectivity index (χ2v) is 8.95. The van der Waals surface area contributed by atoms with Gasteiger partial charge in [0.25, 0.3) is 5.91 Å². The fraction of sp³-hybridized carbons (Fsp3) is 0.524. The van der Waals surface area contributed by atoms with Crippen LogP contribution in [0.4, 0.5) is 4.79 Å². The van der Waals surface area contributed by atoms with Crippen LogP contribution in [0.1, 0.15) is 50.4 Å². The zero-order valence-electron chi connectivity index (χ0n) is 17.1. The lowest BCUT2D eigenvalue weighted by molar-refractivity contribution is -0.131. The van der Waals surface area contributed by atoms with Crippen LogP contribution in [0.2, 0.25) is 0 Å². The van der Waals surface area contributed by atoms with Crippen LogP contribution in [-0.2, 0) is 9.59 Å². The topological polar surface area (TPSA) is 107 Å². The molecule has 1 aliphatic heterocycles. The van der Waals surface area contributed by atoms with Crippen LogP contribution in [0.15, 0.2) is 24.3 Å². The first kappa shape index (κ1) is 20.7. The Bertz CT molecular complexity index is 920. The second kappa shape index (κ2) is 8.67. The number of urea groups is 1. The number of imidazole rings is 1. The molecule has 0 unspecified atom stereocenters. The highest BCUT2D eigenvalue weighted by molar-refractivity contribution is 7.98. The highest BCUT2D eigenvalue weighted by Gasteiger charge is 2.52. The fourth-order valence-corrected chi connectivity index (χ4v) is 4.80. The van der Waals surface area contributed by atoms with Crippen molar-refractivity contribution in [2.24, 2.45) is 0 Å². The normalized spacial score (nSPS) is 18.9. The van der Waals surface area contributed by atoms with Crippen molar-refractivity contribution in [2.75, 3.05) is 18.6 Å². The summed E-state index contributed by atoms with van der Waals surface area (Å²) in [5.41, 5.74) is 1.05. The van der Waals surface area contributed by atoms with Crippen LogP contribution < -0.4 is 10.6 Å². The van der Waals surface area contributed by atoms with E-state index >= 15 is 0 Å². The van der Waals surface area contributed by atoms with Crippen molar-refractivity contribution in [3.05, 3.63) is 30.1 Å². The number of rotatable bonds is 8. The minimum atomic E-state index is -0.733. The Morgan fingerprint density at radius 1 is 1.30 bits per heavy atom. The maximum Gasteiger partial charge on any atom is 0.325 e. The summed E-state index contributed by atoms with van der Waals surface area (Å²) in [6, 6.07) is 7.12. The Labute approximate surface area is 179 Å². The van der Waals surface area contributed by atoms with E-state index in [1.165, 1.54) is 4.90 Å². The molecule has 4 rings (SSSR count). The molecule has 1 saturated carbocycles. The van der Waals surface area contributed by atoms with Crippen molar-refractivity contribution < 1.29 is 14.4 Å². The molecule has 1 spiro atoms. The first-order valence-electron chi connectivity index (χ1n) is 10.4. The van der Waals surface area contributed by atoms with Crippen molar-refractivity contribution in [1.29, 1.82) is 0 Å². The number of imide groups is 1. The van der Waals surface area contributed by atoms with Crippen molar-refractivity contribution in [1.82, 2.24) is 25.5 Å². The molecule has 1 aromatic carbocycles. The van der Waals surface area contributed by atoms with E-state index in [2.05, 4.69) is 20.6 Å². The van der Waals surface area contributed by atoms with E-state index in [0.717, 1.165) is 41.9 Å². The number of aromatic amines is 1. The van der Waals surface area contributed by atoms with Crippen LogP contribution in [0, 0.1) is 0 Å². The SMILES string of the molecule is CSCC[C@H](NC(=O)CCN1C(=O)NC2(CCCC2)C1=O)c1nc2ccccc2[nH]1. The highest BCUT2D eigenvalue weighted by Crippen LogP contribution is 2.35. The molecule has 4 amide bonds. The molecule has 1 aliphatic carbocycles. The molecule has 160 valence electrons. The zero-order valence-corrected chi connectivity index (χ0v) is 17.9. The third-order valence-corrected chi connectivity index (χ3v) is 6.59. The van der Waals surface area contributed by atoms with Gasteiger partial charge in [-0.25, -0.2) is 9.78 Å². The minimum Gasteiger partial charge on any atom is -0.346 e. The van der Waals surface area contributed by atoms with Gasteiger partial charge in [0, 0.05) is 13.0 Å². The number of H-pyrrole nitrogens is 1. The molecular weight excluding hydrogens is 402 g/mol. The summed E-state index contributed by atoms with van der Waals surface area (Å²) in [4.78, 5) is 46.8. The van der Waals surface area contributed by atoms with Gasteiger partial charge in [-0.1, -0.05) is 25.0 Å². The van der Waals surface area contributed by atoms with E-state index in [1.54, 1.807) is 11.8 Å². The van der Waals surface area contributed by atoms with Gasteiger partial charge in [0.15, 0.2) is 0 Å². The number of carbonyl (C=O) groups excluding carboxylic acids is 3. The molecule has 1 atom stereocenters. The monoisotopic (exact) mass is 429 g/mol. The molecule has 2 heterocycles. The van der Waals surface area contributed by atoms with Crippen molar-refractivity contribution in [3.63, 3.8) is 0 Å². The Morgan fingerprint density at radius 3 is 2.80 bits per heavy atom. The quantitative estimate of drug-likeness (QED) is 0.560. The lowest BCUT2D eigenvalue weighted by Crippen LogP contribution is -2.44. The number of nitrogens with one attached hydrogen (secondary N) is 3. The molecule has 9 heteroatoms. The Hall–Kier alpha value is -2.55. The van der Waals surface area contributed by atoms with Gasteiger partial charge in [0.1, 0.15) is 11.4 Å². The predicted molar refractivity (Wildman–Crippen MR) is 116 cm³/mol. The van der Waals surface area contributed by atoms with E-state index in [4.69, 9.17) is 0 Å². The highest BCUT2D eigenvalue weighted by atomic mass is 32.2. The number of amides is 4. The van der Waals surface area contributed by atoms with E-state index in [-0.39, 0.29) is 36.9 Å². The van der Waals surface area contributed by atoms with Gasteiger partial charge in [0.2, 0.25) is 5.91 Å². The molecule has 1 saturated heterocycles. The molecule has 2 fully saturated rings. The summed E-state index contributed by atoms with van der Waals surface area (Å²) < 4.78 is 0. The number of hydrogen-bond donors (Lipinski definition) is 3. The lowest BCUT2D eigenvalue weighted by Gasteiger charge is -2.20. The number of para-hydroxylation sites is 2. The van der Waals surface area contributed by atoms with Gasteiger partial charge < -0.3 is 15.6 Å². The van der Waals surface area contributed by atoms with E-state index in [1.807, 2.05) is 30.5 Å². The predicted octanol–water partition coefficient (Wildman–Crippen LogP) is 2.73. The maximum absolute atomic E-state index is 12.7. The standard InChI is InChI=1S/C21H27N5O3S/c1-30-13-9-16(18-23-14-6-2-3-7-15(14)24-18)22-17(27)8-12-26-19(28)21(25-20(26)29)10-4-5-11-21/h2-3,6-7,16H,4-5,8-13H2,1H3,(H,22,27)(H,23,24)(H,25,29)/t16-/m0/s1. The first-order chi connectivity index (χ1) is 14.5. The smallest absolute Gasteiger partial charge is 0.325 e. The molecule has 0 bridgehead atoms. The van der Waals surface area contributed by atoms with Crippen molar-refractivity contribution >= 4 is 40.6 Å². The number of thioether (sulfide) groups is 1.